The van der Waals surface area contributed by atoms with Gasteiger partial charge in [-0.05, 0) is 29.7 Å². The third kappa shape index (κ3) is 3.79. The number of aryl methyl sites for hydroxylation is 1. The number of hydrogen-bond acceptors (Lipinski definition) is 3. The maximum absolute atomic E-state index is 11.6. The molecule has 0 atom stereocenters. The standard InChI is InChI=1S/C19H28N2O3/c1-6-21(7-8-24-5)11-14-9-15(13(2)3)18-16(10-14)17(19(22)23)12-20(18)4/h9-10,12-13H,6-8,11H2,1-5H3,(H,22,23). The number of aromatic nitrogens is 1. The molecular weight excluding hydrogens is 304 g/mol. The van der Waals surface area contributed by atoms with Crippen LogP contribution in [0.1, 0.15) is 48.2 Å². The van der Waals surface area contributed by atoms with Crippen LogP contribution < -0.4 is 0 Å². The summed E-state index contributed by atoms with van der Waals surface area (Å²) in [5, 5.41) is 10.3. The molecule has 1 aromatic carbocycles. The molecule has 1 N–H and O–H groups in total. The Labute approximate surface area is 143 Å². The van der Waals surface area contributed by atoms with Crippen LogP contribution >= 0.6 is 0 Å². The normalized spacial score (nSPS) is 11.8. The summed E-state index contributed by atoms with van der Waals surface area (Å²) in [5.74, 6) is -0.545. The van der Waals surface area contributed by atoms with Crippen molar-refractivity contribution in [3.8, 4) is 0 Å². The fourth-order valence-electron chi connectivity index (χ4n) is 3.18. The summed E-state index contributed by atoms with van der Waals surface area (Å²) in [6, 6.07) is 4.24. The van der Waals surface area contributed by atoms with E-state index in [1.165, 1.54) is 5.56 Å². The highest BCUT2D eigenvalue weighted by atomic mass is 16.5. The number of ether oxygens (including phenoxy) is 1. The molecule has 1 aromatic heterocycles. The third-order valence-electron chi connectivity index (χ3n) is 4.48. The predicted octanol–water partition coefficient (Wildman–Crippen LogP) is 3.47. The second-order valence-corrected chi connectivity index (χ2v) is 6.56. The fourth-order valence-corrected chi connectivity index (χ4v) is 3.18. The van der Waals surface area contributed by atoms with Crippen molar-refractivity contribution in [2.45, 2.75) is 33.2 Å². The monoisotopic (exact) mass is 332 g/mol. The van der Waals surface area contributed by atoms with Crippen molar-refractivity contribution in [2.24, 2.45) is 7.05 Å². The molecule has 0 radical (unpaired) electrons. The number of hydrogen-bond donors (Lipinski definition) is 1. The van der Waals surface area contributed by atoms with Gasteiger partial charge in [-0.25, -0.2) is 4.79 Å². The van der Waals surface area contributed by atoms with Crippen LogP contribution in [0.5, 0.6) is 0 Å². The maximum atomic E-state index is 11.6. The first-order valence-corrected chi connectivity index (χ1v) is 8.45. The lowest BCUT2D eigenvalue weighted by Crippen LogP contribution is -2.26. The van der Waals surface area contributed by atoms with Gasteiger partial charge < -0.3 is 14.4 Å². The number of methoxy groups -OCH3 is 1. The summed E-state index contributed by atoms with van der Waals surface area (Å²) in [6.45, 7) is 9.70. The molecule has 0 aliphatic rings. The molecule has 0 bridgehead atoms. The molecule has 0 aliphatic heterocycles. The molecule has 5 nitrogen and oxygen atoms in total. The lowest BCUT2D eigenvalue weighted by Gasteiger charge is -2.21. The van der Waals surface area contributed by atoms with E-state index in [4.69, 9.17) is 4.74 Å². The molecule has 0 fully saturated rings. The minimum absolute atomic E-state index is 0.330. The average molecular weight is 332 g/mol. The van der Waals surface area contributed by atoms with Crippen molar-refractivity contribution < 1.29 is 14.6 Å². The van der Waals surface area contributed by atoms with Crippen LogP contribution in [-0.4, -0.2) is 47.3 Å². The smallest absolute Gasteiger partial charge is 0.337 e. The first-order chi connectivity index (χ1) is 11.4. The number of rotatable bonds is 8. The number of carboxylic acids is 1. The van der Waals surface area contributed by atoms with Gasteiger partial charge in [-0.2, -0.15) is 0 Å². The van der Waals surface area contributed by atoms with Gasteiger partial charge in [0.05, 0.1) is 17.7 Å². The summed E-state index contributed by atoms with van der Waals surface area (Å²) in [5.41, 5.74) is 3.74. The molecule has 2 aromatic rings. The van der Waals surface area contributed by atoms with E-state index in [-0.39, 0.29) is 0 Å². The number of likely N-dealkylation sites (N-methyl/N-ethyl adjacent to an activating group) is 1. The highest BCUT2D eigenvalue weighted by Gasteiger charge is 2.18. The number of benzene rings is 1. The van der Waals surface area contributed by atoms with E-state index >= 15 is 0 Å². The zero-order chi connectivity index (χ0) is 17.9. The molecule has 24 heavy (non-hydrogen) atoms. The maximum Gasteiger partial charge on any atom is 0.337 e. The Balaban J connectivity index is 2.51. The Kier molecular flexibility index (Phi) is 6.02. The highest BCUT2D eigenvalue weighted by molar-refractivity contribution is 6.04. The highest BCUT2D eigenvalue weighted by Crippen LogP contribution is 2.31. The van der Waals surface area contributed by atoms with Crippen molar-refractivity contribution >= 4 is 16.9 Å². The van der Waals surface area contributed by atoms with Crippen LogP contribution in [0, 0.1) is 0 Å². The fraction of sp³-hybridized carbons (Fsp3) is 0.526. The molecule has 0 saturated carbocycles. The lowest BCUT2D eigenvalue weighted by molar-refractivity contribution is 0.0699. The quantitative estimate of drug-likeness (QED) is 0.804. The Morgan fingerprint density at radius 3 is 2.62 bits per heavy atom. The second-order valence-electron chi connectivity index (χ2n) is 6.56. The van der Waals surface area contributed by atoms with E-state index in [2.05, 4.69) is 31.7 Å². The van der Waals surface area contributed by atoms with Crippen molar-refractivity contribution in [1.29, 1.82) is 0 Å². The molecular formula is C19H28N2O3. The first kappa shape index (κ1) is 18.5. The van der Waals surface area contributed by atoms with Gasteiger partial charge in [0.15, 0.2) is 0 Å². The SMILES string of the molecule is CCN(CCOC)Cc1cc(C(C)C)c2c(c1)c(C(=O)O)cn2C. The Morgan fingerprint density at radius 1 is 1.38 bits per heavy atom. The van der Waals surface area contributed by atoms with E-state index < -0.39 is 5.97 Å². The van der Waals surface area contributed by atoms with Gasteiger partial charge in [-0.1, -0.05) is 26.8 Å². The van der Waals surface area contributed by atoms with Crippen LogP contribution in [0.2, 0.25) is 0 Å². The molecule has 132 valence electrons. The lowest BCUT2D eigenvalue weighted by atomic mass is 9.96. The Morgan fingerprint density at radius 2 is 2.08 bits per heavy atom. The third-order valence-corrected chi connectivity index (χ3v) is 4.48. The second kappa shape index (κ2) is 7.81. The molecule has 0 amide bonds. The van der Waals surface area contributed by atoms with Crippen molar-refractivity contribution in [2.75, 3.05) is 26.8 Å². The zero-order valence-corrected chi connectivity index (χ0v) is 15.3. The topological polar surface area (TPSA) is 54.7 Å². The van der Waals surface area contributed by atoms with E-state index in [0.717, 1.165) is 36.1 Å². The van der Waals surface area contributed by atoms with Gasteiger partial charge >= 0.3 is 5.97 Å². The van der Waals surface area contributed by atoms with Gasteiger partial charge in [0, 0.05) is 38.8 Å². The summed E-state index contributed by atoms with van der Waals surface area (Å²) in [6.07, 6.45) is 1.71. The van der Waals surface area contributed by atoms with Gasteiger partial charge in [0.1, 0.15) is 0 Å². The zero-order valence-electron chi connectivity index (χ0n) is 15.3. The summed E-state index contributed by atoms with van der Waals surface area (Å²) in [7, 11) is 3.62. The number of nitrogens with zero attached hydrogens (tertiary/aromatic N) is 2. The van der Waals surface area contributed by atoms with E-state index in [1.807, 2.05) is 17.7 Å². The summed E-state index contributed by atoms with van der Waals surface area (Å²) >= 11 is 0. The summed E-state index contributed by atoms with van der Waals surface area (Å²) < 4.78 is 7.11. The molecule has 0 saturated heterocycles. The molecule has 1 heterocycles. The van der Waals surface area contributed by atoms with Crippen LogP contribution in [0.15, 0.2) is 18.3 Å². The average Bonchev–Trinajstić information content (AvgIpc) is 2.87. The van der Waals surface area contributed by atoms with Gasteiger partial charge in [-0.3, -0.25) is 4.90 Å². The minimum Gasteiger partial charge on any atom is -0.478 e. The Hall–Kier alpha value is -1.85. The van der Waals surface area contributed by atoms with Gasteiger partial charge in [-0.15, -0.1) is 0 Å². The summed E-state index contributed by atoms with van der Waals surface area (Å²) in [4.78, 5) is 13.9. The van der Waals surface area contributed by atoms with Crippen molar-refractivity contribution in [3.63, 3.8) is 0 Å². The minimum atomic E-state index is -0.876. The first-order valence-electron chi connectivity index (χ1n) is 8.45. The van der Waals surface area contributed by atoms with E-state index in [1.54, 1.807) is 13.3 Å². The van der Waals surface area contributed by atoms with E-state index in [9.17, 15) is 9.90 Å². The van der Waals surface area contributed by atoms with Crippen LogP contribution in [0.25, 0.3) is 10.9 Å². The van der Waals surface area contributed by atoms with Crippen LogP contribution in [0.3, 0.4) is 0 Å². The number of fused-ring (bicyclic) bond motifs is 1. The molecule has 0 aliphatic carbocycles. The molecule has 5 heteroatoms. The van der Waals surface area contributed by atoms with E-state index in [0.29, 0.717) is 18.1 Å². The van der Waals surface area contributed by atoms with Crippen LogP contribution in [-0.2, 0) is 18.3 Å². The molecule has 2 rings (SSSR count). The van der Waals surface area contributed by atoms with Gasteiger partial charge in [0.25, 0.3) is 0 Å². The van der Waals surface area contributed by atoms with Crippen molar-refractivity contribution in [1.82, 2.24) is 9.47 Å². The largest absolute Gasteiger partial charge is 0.478 e. The molecule has 0 unspecified atom stereocenters. The van der Waals surface area contributed by atoms with Gasteiger partial charge in [0.2, 0.25) is 0 Å². The molecule has 0 spiro atoms. The number of aromatic carboxylic acids is 1. The van der Waals surface area contributed by atoms with Crippen LogP contribution in [0.4, 0.5) is 0 Å². The number of carbonyl (C=O) groups is 1. The number of carboxylic acid groups (broad SMARTS) is 1. The van der Waals surface area contributed by atoms with Crippen molar-refractivity contribution in [3.05, 3.63) is 35.0 Å². The predicted molar refractivity (Wildman–Crippen MR) is 96.8 cm³/mol. The Bertz CT molecular complexity index is 719.